The molecule has 7 nitrogen and oxygen atoms in total. The van der Waals surface area contributed by atoms with Crippen LogP contribution in [0.2, 0.25) is 0 Å². The molecule has 0 unspecified atom stereocenters. The minimum atomic E-state index is -0.132. The van der Waals surface area contributed by atoms with E-state index in [0.29, 0.717) is 12.2 Å². The summed E-state index contributed by atoms with van der Waals surface area (Å²) in [5, 5.41) is 15.4. The summed E-state index contributed by atoms with van der Waals surface area (Å²) < 4.78 is 3.35. The zero-order valence-electron chi connectivity index (χ0n) is 14.0. The summed E-state index contributed by atoms with van der Waals surface area (Å²) in [6.07, 6.45) is 6.72. The first-order valence-corrected chi connectivity index (χ1v) is 7.81. The van der Waals surface area contributed by atoms with Crippen molar-refractivity contribution in [2.45, 2.75) is 45.7 Å². The highest BCUT2D eigenvalue weighted by atomic mass is 16.2. The average Bonchev–Trinajstić information content (AvgIpc) is 3.05. The second-order valence-corrected chi connectivity index (χ2v) is 5.78. The fourth-order valence-electron chi connectivity index (χ4n) is 2.42. The number of carbonyl (C=O) groups excluding carboxylic acids is 1. The van der Waals surface area contributed by atoms with Crippen LogP contribution in [-0.2, 0) is 20.0 Å². The summed E-state index contributed by atoms with van der Waals surface area (Å²) in [6.45, 7) is 8.10. The van der Waals surface area contributed by atoms with Gasteiger partial charge in [0.2, 0.25) is 0 Å². The maximum Gasteiger partial charge on any atom is 0.269 e. The van der Waals surface area contributed by atoms with E-state index >= 15 is 0 Å². The molecular formula is C16H24N6O. The van der Waals surface area contributed by atoms with E-state index in [1.54, 1.807) is 22.5 Å². The molecule has 7 heteroatoms. The van der Waals surface area contributed by atoms with Gasteiger partial charge in [-0.05, 0) is 39.2 Å². The molecule has 1 amide bonds. The van der Waals surface area contributed by atoms with Crippen LogP contribution in [0.5, 0.6) is 0 Å². The van der Waals surface area contributed by atoms with Gasteiger partial charge in [-0.3, -0.25) is 14.2 Å². The van der Waals surface area contributed by atoms with E-state index in [2.05, 4.69) is 27.3 Å². The van der Waals surface area contributed by atoms with Crippen molar-refractivity contribution in [3.8, 4) is 0 Å². The van der Waals surface area contributed by atoms with Crippen molar-refractivity contribution in [1.29, 1.82) is 0 Å². The molecule has 1 N–H and O–H groups in total. The third-order valence-corrected chi connectivity index (χ3v) is 3.50. The van der Waals surface area contributed by atoms with Gasteiger partial charge < -0.3 is 5.32 Å². The third-order valence-electron chi connectivity index (χ3n) is 3.50. The second kappa shape index (κ2) is 7.71. The fraction of sp³-hybridized carbons (Fsp3) is 0.500. The normalized spacial score (nSPS) is 12.1. The molecule has 0 aliphatic heterocycles. The summed E-state index contributed by atoms with van der Waals surface area (Å²) in [5.41, 5.74) is 2.34. The van der Waals surface area contributed by atoms with Gasteiger partial charge in [-0.1, -0.05) is 11.3 Å². The van der Waals surface area contributed by atoms with Crippen LogP contribution in [0.4, 0.5) is 0 Å². The van der Waals surface area contributed by atoms with Gasteiger partial charge in [0, 0.05) is 19.3 Å². The number of allylic oxidation sites excluding steroid dienone is 1. The minimum Gasteiger partial charge on any atom is -0.346 e. The highest BCUT2D eigenvalue weighted by molar-refractivity contribution is 5.92. The Labute approximate surface area is 136 Å². The molecule has 124 valence electrons. The molecule has 0 bridgehead atoms. The van der Waals surface area contributed by atoms with Gasteiger partial charge in [0.15, 0.2) is 0 Å². The number of rotatable bonds is 8. The second-order valence-electron chi connectivity index (χ2n) is 5.78. The lowest BCUT2D eigenvalue weighted by molar-refractivity contribution is 0.0926. The lowest BCUT2D eigenvalue weighted by Gasteiger charge is -2.13. The molecule has 2 rings (SSSR count). The lowest BCUT2D eigenvalue weighted by Crippen LogP contribution is -2.36. The molecule has 0 saturated heterocycles. The van der Waals surface area contributed by atoms with E-state index in [0.717, 1.165) is 30.7 Å². The van der Waals surface area contributed by atoms with Gasteiger partial charge >= 0.3 is 0 Å². The highest BCUT2D eigenvalue weighted by Crippen LogP contribution is 2.04. The first-order valence-electron chi connectivity index (χ1n) is 7.81. The van der Waals surface area contributed by atoms with Crippen LogP contribution in [-0.4, -0.2) is 36.7 Å². The molecule has 0 aliphatic carbocycles. The van der Waals surface area contributed by atoms with E-state index in [1.165, 1.54) is 0 Å². The van der Waals surface area contributed by atoms with Crippen molar-refractivity contribution >= 4 is 5.91 Å². The summed E-state index contributed by atoms with van der Waals surface area (Å²) in [6, 6.07) is 1.72. The predicted octanol–water partition coefficient (Wildman–Crippen LogP) is 1.65. The third kappa shape index (κ3) is 4.77. The Kier molecular flexibility index (Phi) is 5.67. The van der Waals surface area contributed by atoms with Crippen molar-refractivity contribution < 1.29 is 4.79 Å². The number of hydrogen-bond donors (Lipinski definition) is 1. The molecule has 0 spiro atoms. The maximum absolute atomic E-state index is 12.2. The van der Waals surface area contributed by atoms with E-state index < -0.39 is 0 Å². The van der Waals surface area contributed by atoms with Crippen molar-refractivity contribution in [2.24, 2.45) is 7.05 Å². The Bertz CT molecular complexity index is 672. The van der Waals surface area contributed by atoms with Crippen molar-refractivity contribution in [1.82, 2.24) is 30.1 Å². The van der Waals surface area contributed by atoms with Crippen LogP contribution < -0.4 is 5.32 Å². The molecule has 0 aliphatic rings. The Morgan fingerprint density at radius 3 is 2.96 bits per heavy atom. The largest absolute Gasteiger partial charge is 0.346 e. The smallest absolute Gasteiger partial charge is 0.269 e. The molecular weight excluding hydrogens is 292 g/mol. The number of carbonyl (C=O) groups is 1. The van der Waals surface area contributed by atoms with Gasteiger partial charge in [0.1, 0.15) is 5.69 Å². The number of unbranched alkanes of at least 4 members (excludes halogenated alkanes) is 1. The number of nitrogens with one attached hydrogen (secondary N) is 1. The molecule has 0 saturated carbocycles. The molecule has 0 radical (unpaired) electrons. The molecule has 0 fully saturated rings. The number of amides is 1. The SMILES string of the molecule is C=CCCCc1cn(C[C@H](C)NC(=O)c2cc(C)nn2C)nn1. The predicted molar refractivity (Wildman–Crippen MR) is 88.0 cm³/mol. The number of nitrogens with zero attached hydrogens (tertiary/aromatic N) is 5. The van der Waals surface area contributed by atoms with Gasteiger partial charge in [-0.2, -0.15) is 5.10 Å². The lowest BCUT2D eigenvalue weighted by atomic mass is 10.2. The standard InChI is InChI=1S/C16H24N6O/c1-5-6-7-8-14-11-22(20-18-14)10-13(3)17-16(23)15-9-12(2)19-21(15)4/h5,9,11,13H,1,6-8,10H2,2-4H3,(H,17,23)/t13-/m0/s1. The zero-order chi connectivity index (χ0) is 16.8. The Balaban J connectivity index is 1.87. The molecule has 0 aromatic carbocycles. The van der Waals surface area contributed by atoms with Crippen LogP contribution in [0.15, 0.2) is 24.9 Å². The molecule has 2 heterocycles. The summed E-state index contributed by atoms with van der Waals surface area (Å²) in [4.78, 5) is 12.2. The van der Waals surface area contributed by atoms with E-state index in [1.807, 2.05) is 26.1 Å². The monoisotopic (exact) mass is 316 g/mol. The van der Waals surface area contributed by atoms with Crippen molar-refractivity contribution in [3.63, 3.8) is 0 Å². The van der Waals surface area contributed by atoms with Gasteiger partial charge in [0.25, 0.3) is 5.91 Å². The Hall–Kier alpha value is -2.44. The van der Waals surface area contributed by atoms with E-state index in [9.17, 15) is 4.79 Å². The number of hydrogen-bond acceptors (Lipinski definition) is 4. The minimum absolute atomic E-state index is 0.0552. The highest BCUT2D eigenvalue weighted by Gasteiger charge is 2.15. The summed E-state index contributed by atoms with van der Waals surface area (Å²) >= 11 is 0. The molecule has 2 aromatic rings. The van der Waals surface area contributed by atoms with Gasteiger partial charge in [0.05, 0.1) is 17.9 Å². The molecule has 23 heavy (non-hydrogen) atoms. The van der Waals surface area contributed by atoms with Crippen LogP contribution in [0.25, 0.3) is 0 Å². The van der Waals surface area contributed by atoms with Gasteiger partial charge in [-0.15, -0.1) is 11.7 Å². The number of aromatic nitrogens is 5. The summed E-state index contributed by atoms with van der Waals surface area (Å²) in [7, 11) is 1.76. The van der Waals surface area contributed by atoms with E-state index in [-0.39, 0.29) is 11.9 Å². The quantitative estimate of drug-likeness (QED) is 0.593. The topological polar surface area (TPSA) is 77.6 Å². The molecule has 1 atom stereocenters. The zero-order valence-corrected chi connectivity index (χ0v) is 14.0. The summed E-state index contributed by atoms with van der Waals surface area (Å²) in [5.74, 6) is -0.132. The Morgan fingerprint density at radius 2 is 2.30 bits per heavy atom. The van der Waals surface area contributed by atoms with Crippen LogP contribution in [0, 0.1) is 6.92 Å². The van der Waals surface area contributed by atoms with Crippen molar-refractivity contribution in [3.05, 3.63) is 42.0 Å². The van der Waals surface area contributed by atoms with Crippen LogP contribution >= 0.6 is 0 Å². The van der Waals surface area contributed by atoms with Crippen LogP contribution in [0.3, 0.4) is 0 Å². The van der Waals surface area contributed by atoms with Crippen molar-refractivity contribution in [2.75, 3.05) is 0 Å². The first kappa shape index (κ1) is 16.9. The van der Waals surface area contributed by atoms with Gasteiger partial charge in [-0.25, -0.2) is 0 Å². The Morgan fingerprint density at radius 1 is 1.52 bits per heavy atom. The number of aryl methyl sites for hydroxylation is 3. The average molecular weight is 316 g/mol. The first-order chi connectivity index (χ1) is 11.0. The fourth-order valence-corrected chi connectivity index (χ4v) is 2.42. The maximum atomic E-state index is 12.2. The van der Waals surface area contributed by atoms with E-state index in [4.69, 9.17) is 0 Å². The van der Waals surface area contributed by atoms with Crippen LogP contribution in [0.1, 0.15) is 41.6 Å². The molecule has 2 aromatic heterocycles.